The highest BCUT2D eigenvalue weighted by Gasteiger charge is 2.38. The standard InChI is InChI=1S/C14H16BNO/c1-8-5-12(15)6-11-7-16(14(17)13(8)11)9(2)10-3-4-10/h5-6,9-10H,3-4,7H2,1-2H3/t9-/m0/s1. The minimum absolute atomic E-state index is 0.192. The normalized spacial score (nSPS) is 20.6. The molecule has 3 heteroatoms. The third kappa shape index (κ3) is 1.68. The second-order valence-electron chi connectivity index (χ2n) is 5.38. The van der Waals surface area contributed by atoms with Crippen LogP contribution in [0, 0.1) is 12.8 Å². The number of hydrogen-bond donors (Lipinski definition) is 0. The summed E-state index contributed by atoms with van der Waals surface area (Å²) in [7, 11) is 5.84. The van der Waals surface area contributed by atoms with E-state index in [-0.39, 0.29) is 5.91 Å². The Morgan fingerprint density at radius 2 is 2.12 bits per heavy atom. The molecular formula is C14H16BNO. The van der Waals surface area contributed by atoms with Crippen LogP contribution in [0.15, 0.2) is 12.1 Å². The zero-order chi connectivity index (χ0) is 12.2. The Balaban J connectivity index is 1.96. The molecule has 1 atom stereocenters. The highest BCUT2D eigenvalue weighted by molar-refractivity contribution is 6.32. The first-order chi connectivity index (χ1) is 8.08. The van der Waals surface area contributed by atoms with Gasteiger partial charge in [-0.15, -0.1) is 0 Å². The Morgan fingerprint density at radius 1 is 1.41 bits per heavy atom. The number of nitrogens with zero attached hydrogens (tertiary/aromatic N) is 1. The highest BCUT2D eigenvalue weighted by atomic mass is 16.2. The van der Waals surface area contributed by atoms with Crippen molar-refractivity contribution in [2.45, 2.75) is 39.3 Å². The highest BCUT2D eigenvalue weighted by Crippen LogP contribution is 2.38. The van der Waals surface area contributed by atoms with Crippen molar-refractivity contribution in [2.24, 2.45) is 5.92 Å². The minimum Gasteiger partial charge on any atom is -0.331 e. The molecule has 2 radical (unpaired) electrons. The molecule has 2 nitrogen and oxygen atoms in total. The fourth-order valence-electron chi connectivity index (χ4n) is 2.88. The van der Waals surface area contributed by atoms with E-state index in [2.05, 4.69) is 6.92 Å². The zero-order valence-corrected chi connectivity index (χ0v) is 10.4. The third-order valence-corrected chi connectivity index (χ3v) is 4.05. The molecule has 2 aliphatic rings. The van der Waals surface area contributed by atoms with Gasteiger partial charge in [-0.05, 0) is 43.7 Å². The predicted molar refractivity (Wildman–Crippen MR) is 68.6 cm³/mol. The molecule has 86 valence electrons. The number of aryl methyl sites for hydroxylation is 1. The number of amides is 1. The SMILES string of the molecule is [B]c1cc(C)c2c(c1)CN([C@@H](C)C1CC1)C2=O. The molecule has 1 aromatic carbocycles. The summed E-state index contributed by atoms with van der Waals surface area (Å²) in [6.45, 7) is 4.87. The molecule has 17 heavy (non-hydrogen) atoms. The fourth-order valence-corrected chi connectivity index (χ4v) is 2.88. The Bertz CT molecular complexity index is 493. The maximum absolute atomic E-state index is 12.4. The summed E-state index contributed by atoms with van der Waals surface area (Å²) in [4.78, 5) is 14.4. The summed E-state index contributed by atoms with van der Waals surface area (Å²) >= 11 is 0. The molecule has 0 bridgehead atoms. The fraction of sp³-hybridized carbons (Fsp3) is 0.500. The van der Waals surface area contributed by atoms with E-state index in [1.54, 1.807) is 0 Å². The lowest BCUT2D eigenvalue weighted by Gasteiger charge is -2.24. The first kappa shape index (κ1) is 10.9. The number of carbonyl (C=O) groups excluding carboxylic acids is 1. The lowest BCUT2D eigenvalue weighted by atomic mass is 9.90. The van der Waals surface area contributed by atoms with Crippen molar-refractivity contribution < 1.29 is 4.79 Å². The molecule has 1 aromatic rings. The predicted octanol–water partition coefficient (Wildman–Crippen LogP) is 1.54. The molecule has 1 heterocycles. The Labute approximate surface area is 103 Å². The zero-order valence-electron chi connectivity index (χ0n) is 10.4. The summed E-state index contributed by atoms with van der Waals surface area (Å²) < 4.78 is 0. The van der Waals surface area contributed by atoms with E-state index < -0.39 is 0 Å². The van der Waals surface area contributed by atoms with E-state index in [0.29, 0.717) is 12.0 Å². The van der Waals surface area contributed by atoms with Crippen molar-refractivity contribution >= 4 is 19.2 Å². The van der Waals surface area contributed by atoms with Gasteiger partial charge in [0.1, 0.15) is 7.85 Å². The molecule has 0 N–H and O–H groups in total. The molecule has 0 unspecified atom stereocenters. The van der Waals surface area contributed by atoms with Crippen LogP contribution >= 0.6 is 0 Å². The van der Waals surface area contributed by atoms with E-state index in [4.69, 9.17) is 7.85 Å². The quantitative estimate of drug-likeness (QED) is 0.699. The van der Waals surface area contributed by atoms with Crippen LogP contribution in [-0.4, -0.2) is 24.7 Å². The van der Waals surface area contributed by atoms with Crippen molar-refractivity contribution in [3.63, 3.8) is 0 Å². The molecule has 1 fully saturated rings. The topological polar surface area (TPSA) is 20.3 Å². The molecule has 0 saturated heterocycles. The van der Waals surface area contributed by atoms with Gasteiger partial charge in [-0.3, -0.25) is 4.79 Å². The number of benzene rings is 1. The van der Waals surface area contributed by atoms with Gasteiger partial charge in [0.05, 0.1) is 0 Å². The van der Waals surface area contributed by atoms with Crippen molar-refractivity contribution in [2.75, 3.05) is 0 Å². The van der Waals surface area contributed by atoms with Gasteiger partial charge in [0.25, 0.3) is 5.91 Å². The minimum atomic E-state index is 0.192. The van der Waals surface area contributed by atoms with Crippen LogP contribution in [0.3, 0.4) is 0 Å². The van der Waals surface area contributed by atoms with Crippen LogP contribution in [0.5, 0.6) is 0 Å². The molecule has 1 aliphatic carbocycles. The smallest absolute Gasteiger partial charge is 0.255 e. The number of hydrogen-bond acceptors (Lipinski definition) is 1. The summed E-state index contributed by atoms with van der Waals surface area (Å²) in [6, 6.07) is 4.21. The van der Waals surface area contributed by atoms with Crippen molar-refractivity contribution in [1.29, 1.82) is 0 Å². The Hall–Kier alpha value is -1.25. The maximum atomic E-state index is 12.4. The summed E-state index contributed by atoms with van der Waals surface area (Å²) in [6.07, 6.45) is 2.53. The maximum Gasteiger partial charge on any atom is 0.255 e. The van der Waals surface area contributed by atoms with Gasteiger partial charge in [-0.2, -0.15) is 0 Å². The monoisotopic (exact) mass is 225 g/mol. The lowest BCUT2D eigenvalue weighted by molar-refractivity contribution is 0.0697. The van der Waals surface area contributed by atoms with Gasteiger partial charge in [0.15, 0.2) is 0 Å². The van der Waals surface area contributed by atoms with E-state index >= 15 is 0 Å². The van der Waals surface area contributed by atoms with Gasteiger partial charge in [-0.25, -0.2) is 0 Å². The summed E-state index contributed by atoms with van der Waals surface area (Å²) in [5.74, 6) is 0.905. The largest absolute Gasteiger partial charge is 0.331 e. The Kier molecular flexibility index (Phi) is 2.32. The van der Waals surface area contributed by atoms with Crippen LogP contribution in [-0.2, 0) is 6.54 Å². The molecule has 0 aromatic heterocycles. The van der Waals surface area contributed by atoms with Gasteiger partial charge in [0, 0.05) is 18.2 Å². The van der Waals surface area contributed by atoms with E-state index in [1.807, 2.05) is 24.0 Å². The molecule has 1 saturated carbocycles. The van der Waals surface area contributed by atoms with Gasteiger partial charge in [-0.1, -0.05) is 17.6 Å². The van der Waals surface area contributed by atoms with Crippen molar-refractivity contribution in [3.05, 3.63) is 28.8 Å². The molecule has 3 rings (SSSR count). The van der Waals surface area contributed by atoms with Crippen LogP contribution < -0.4 is 5.46 Å². The first-order valence-corrected chi connectivity index (χ1v) is 6.28. The van der Waals surface area contributed by atoms with Crippen LogP contribution in [0.1, 0.15) is 41.3 Å². The van der Waals surface area contributed by atoms with Gasteiger partial charge >= 0.3 is 0 Å². The number of carbonyl (C=O) groups is 1. The number of rotatable bonds is 2. The van der Waals surface area contributed by atoms with Gasteiger partial charge in [0.2, 0.25) is 0 Å². The van der Waals surface area contributed by atoms with Crippen LogP contribution in [0.25, 0.3) is 0 Å². The van der Waals surface area contributed by atoms with Crippen molar-refractivity contribution in [1.82, 2.24) is 4.90 Å². The third-order valence-electron chi connectivity index (χ3n) is 4.05. The van der Waals surface area contributed by atoms with Gasteiger partial charge < -0.3 is 4.90 Å². The average molecular weight is 225 g/mol. The Morgan fingerprint density at radius 3 is 2.76 bits per heavy atom. The molecular weight excluding hydrogens is 209 g/mol. The van der Waals surface area contributed by atoms with E-state index in [9.17, 15) is 4.79 Å². The van der Waals surface area contributed by atoms with Crippen molar-refractivity contribution in [3.8, 4) is 0 Å². The second-order valence-corrected chi connectivity index (χ2v) is 5.38. The molecule has 1 amide bonds. The second kappa shape index (κ2) is 3.62. The van der Waals surface area contributed by atoms with Crippen LogP contribution in [0.2, 0.25) is 0 Å². The van der Waals surface area contributed by atoms with E-state index in [1.165, 1.54) is 12.8 Å². The first-order valence-electron chi connectivity index (χ1n) is 6.28. The molecule has 1 aliphatic heterocycles. The summed E-state index contributed by atoms with van der Waals surface area (Å²) in [5.41, 5.74) is 3.75. The summed E-state index contributed by atoms with van der Waals surface area (Å²) in [5, 5.41) is 0. The van der Waals surface area contributed by atoms with Crippen LogP contribution in [0.4, 0.5) is 0 Å². The van der Waals surface area contributed by atoms with E-state index in [0.717, 1.165) is 28.7 Å². The number of fused-ring (bicyclic) bond motifs is 1. The lowest BCUT2D eigenvalue weighted by Crippen LogP contribution is -2.34. The molecule has 0 spiro atoms. The average Bonchev–Trinajstić information content (AvgIpc) is 3.03.